The van der Waals surface area contributed by atoms with Crippen LogP contribution in [-0.2, 0) is 11.3 Å². The van der Waals surface area contributed by atoms with E-state index in [1.165, 1.54) is 0 Å². The van der Waals surface area contributed by atoms with E-state index < -0.39 is 0 Å². The van der Waals surface area contributed by atoms with Gasteiger partial charge < -0.3 is 19.3 Å². The molecule has 30 heavy (non-hydrogen) atoms. The summed E-state index contributed by atoms with van der Waals surface area (Å²) in [6, 6.07) is 9.54. The number of likely N-dealkylation sites (tertiary alicyclic amines) is 2. The second-order valence-electron chi connectivity index (χ2n) is 8.14. The summed E-state index contributed by atoms with van der Waals surface area (Å²) in [5, 5.41) is 0. The molecular weight excluding hydrogens is 382 g/mol. The van der Waals surface area contributed by atoms with Crippen molar-refractivity contribution in [2.45, 2.75) is 25.8 Å². The first-order valence-corrected chi connectivity index (χ1v) is 10.2. The molecule has 0 bridgehead atoms. The summed E-state index contributed by atoms with van der Waals surface area (Å²) in [6.45, 7) is 2.65. The SMILES string of the molecule is COc1ccc(CN2CC3(CCN(C(=O)c4ccncc4OC)CC3)CC2=O)cc1. The summed E-state index contributed by atoms with van der Waals surface area (Å²) in [7, 11) is 3.19. The number of methoxy groups -OCH3 is 2. The zero-order valence-corrected chi connectivity index (χ0v) is 17.5. The van der Waals surface area contributed by atoms with E-state index in [1.807, 2.05) is 34.1 Å². The van der Waals surface area contributed by atoms with Gasteiger partial charge in [0.05, 0.1) is 26.0 Å². The van der Waals surface area contributed by atoms with Gasteiger partial charge in [-0.1, -0.05) is 12.1 Å². The average molecular weight is 409 g/mol. The monoisotopic (exact) mass is 409 g/mol. The maximum atomic E-state index is 12.9. The summed E-state index contributed by atoms with van der Waals surface area (Å²) in [6.07, 6.45) is 5.39. The van der Waals surface area contributed by atoms with E-state index in [0.717, 1.165) is 30.7 Å². The summed E-state index contributed by atoms with van der Waals surface area (Å²) in [5.41, 5.74) is 1.59. The number of piperidine rings is 1. The minimum absolute atomic E-state index is 0.0384. The Balaban J connectivity index is 1.38. The quantitative estimate of drug-likeness (QED) is 0.759. The van der Waals surface area contributed by atoms with Crippen LogP contribution < -0.4 is 9.47 Å². The lowest BCUT2D eigenvalue weighted by molar-refractivity contribution is -0.128. The van der Waals surface area contributed by atoms with Gasteiger partial charge in [0.1, 0.15) is 11.5 Å². The number of aromatic nitrogens is 1. The zero-order valence-electron chi connectivity index (χ0n) is 17.5. The molecule has 0 saturated carbocycles. The molecule has 0 unspecified atom stereocenters. The number of carbonyl (C=O) groups excluding carboxylic acids is 2. The van der Waals surface area contributed by atoms with Gasteiger partial charge in [-0.05, 0) is 36.6 Å². The lowest BCUT2D eigenvalue weighted by Gasteiger charge is -2.39. The van der Waals surface area contributed by atoms with Crippen molar-refractivity contribution in [1.82, 2.24) is 14.8 Å². The molecule has 2 aliphatic heterocycles. The molecule has 0 aliphatic carbocycles. The third kappa shape index (κ3) is 3.97. The van der Waals surface area contributed by atoms with E-state index in [4.69, 9.17) is 9.47 Å². The number of hydrogen-bond donors (Lipinski definition) is 0. The predicted octanol–water partition coefficient (Wildman–Crippen LogP) is 2.75. The topological polar surface area (TPSA) is 72.0 Å². The Morgan fingerprint density at radius 2 is 1.83 bits per heavy atom. The van der Waals surface area contributed by atoms with Gasteiger partial charge in [0, 0.05) is 44.2 Å². The van der Waals surface area contributed by atoms with Gasteiger partial charge in [-0.2, -0.15) is 0 Å². The summed E-state index contributed by atoms with van der Waals surface area (Å²) < 4.78 is 10.5. The van der Waals surface area contributed by atoms with Crippen molar-refractivity contribution < 1.29 is 19.1 Å². The molecule has 4 rings (SSSR count). The Morgan fingerprint density at radius 1 is 1.10 bits per heavy atom. The van der Waals surface area contributed by atoms with E-state index in [2.05, 4.69) is 4.98 Å². The Hall–Kier alpha value is -3.09. The fourth-order valence-corrected chi connectivity index (χ4v) is 4.49. The molecule has 7 heteroatoms. The Labute approximate surface area is 176 Å². The fourth-order valence-electron chi connectivity index (χ4n) is 4.49. The van der Waals surface area contributed by atoms with Gasteiger partial charge in [0.15, 0.2) is 0 Å². The highest BCUT2D eigenvalue weighted by molar-refractivity contribution is 5.96. The Morgan fingerprint density at radius 3 is 2.50 bits per heavy atom. The first-order valence-electron chi connectivity index (χ1n) is 10.2. The van der Waals surface area contributed by atoms with Crippen LogP contribution in [0.5, 0.6) is 11.5 Å². The van der Waals surface area contributed by atoms with Gasteiger partial charge in [0.2, 0.25) is 5.91 Å². The number of amides is 2. The standard InChI is InChI=1S/C23H27N3O4/c1-29-18-5-3-17(4-6-18)15-26-16-23(13-21(26)27)8-11-25(12-9-23)22(28)19-7-10-24-14-20(19)30-2/h3-7,10,14H,8-9,11-13,15-16H2,1-2H3. The number of nitrogens with zero attached hydrogens (tertiary/aromatic N) is 3. The molecule has 2 amide bonds. The molecule has 0 N–H and O–H groups in total. The number of rotatable bonds is 5. The number of pyridine rings is 1. The van der Waals surface area contributed by atoms with E-state index >= 15 is 0 Å². The number of ether oxygens (including phenoxy) is 2. The molecule has 2 aliphatic rings. The lowest BCUT2D eigenvalue weighted by atomic mass is 9.77. The maximum absolute atomic E-state index is 12.9. The van der Waals surface area contributed by atoms with Crippen LogP contribution in [0.2, 0.25) is 0 Å². The van der Waals surface area contributed by atoms with Crippen LogP contribution in [0, 0.1) is 5.41 Å². The van der Waals surface area contributed by atoms with Gasteiger partial charge in [-0.15, -0.1) is 0 Å². The molecule has 7 nitrogen and oxygen atoms in total. The van der Waals surface area contributed by atoms with Crippen molar-refractivity contribution in [3.63, 3.8) is 0 Å². The molecular formula is C23H27N3O4. The molecule has 2 saturated heterocycles. The van der Waals surface area contributed by atoms with E-state index in [0.29, 0.717) is 37.4 Å². The first-order chi connectivity index (χ1) is 14.5. The Kier molecular flexibility index (Phi) is 5.61. The largest absolute Gasteiger partial charge is 0.497 e. The molecule has 0 atom stereocenters. The molecule has 1 aromatic carbocycles. The third-order valence-corrected chi connectivity index (χ3v) is 6.28. The zero-order chi connectivity index (χ0) is 21.1. The molecule has 2 aromatic rings. The molecule has 2 fully saturated rings. The first kappa shape index (κ1) is 20.2. The van der Waals surface area contributed by atoms with Crippen molar-refractivity contribution in [2.75, 3.05) is 33.9 Å². The number of benzene rings is 1. The highest BCUT2D eigenvalue weighted by Crippen LogP contribution is 2.42. The normalized spacial score (nSPS) is 18.0. The molecule has 1 aromatic heterocycles. The van der Waals surface area contributed by atoms with Crippen molar-refractivity contribution >= 4 is 11.8 Å². The summed E-state index contributed by atoms with van der Waals surface area (Å²) in [5.74, 6) is 1.46. The number of carbonyl (C=O) groups is 2. The molecule has 1 spiro atoms. The van der Waals surface area contributed by atoms with Crippen LogP contribution in [0.3, 0.4) is 0 Å². The lowest BCUT2D eigenvalue weighted by Crippen LogP contribution is -2.44. The second kappa shape index (κ2) is 8.34. The summed E-state index contributed by atoms with van der Waals surface area (Å²) >= 11 is 0. The van der Waals surface area contributed by atoms with Crippen LogP contribution in [0.1, 0.15) is 35.2 Å². The van der Waals surface area contributed by atoms with Crippen molar-refractivity contribution in [3.05, 3.63) is 53.9 Å². The predicted molar refractivity (Wildman–Crippen MR) is 111 cm³/mol. The van der Waals surface area contributed by atoms with E-state index in [1.54, 1.807) is 32.7 Å². The summed E-state index contributed by atoms with van der Waals surface area (Å²) in [4.78, 5) is 33.5. The fraction of sp³-hybridized carbons (Fsp3) is 0.435. The molecule has 3 heterocycles. The second-order valence-corrected chi connectivity index (χ2v) is 8.14. The van der Waals surface area contributed by atoms with Gasteiger partial charge in [0.25, 0.3) is 5.91 Å². The van der Waals surface area contributed by atoms with Gasteiger partial charge in [-0.3, -0.25) is 14.6 Å². The van der Waals surface area contributed by atoms with Crippen LogP contribution >= 0.6 is 0 Å². The van der Waals surface area contributed by atoms with Crippen LogP contribution in [-0.4, -0.2) is 60.5 Å². The van der Waals surface area contributed by atoms with Crippen molar-refractivity contribution in [1.29, 1.82) is 0 Å². The van der Waals surface area contributed by atoms with Gasteiger partial charge in [-0.25, -0.2) is 0 Å². The minimum Gasteiger partial charge on any atom is -0.497 e. The molecule has 158 valence electrons. The van der Waals surface area contributed by atoms with Crippen LogP contribution in [0.15, 0.2) is 42.7 Å². The van der Waals surface area contributed by atoms with Crippen molar-refractivity contribution in [3.8, 4) is 11.5 Å². The van der Waals surface area contributed by atoms with Gasteiger partial charge >= 0.3 is 0 Å². The third-order valence-electron chi connectivity index (χ3n) is 6.28. The average Bonchev–Trinajstić information content (AvgIpc) is 3.08. The van der Waals surface area contributed by atoms with E-state index in [9.17, 15) is 9.59 Å². The van der Waals surface area contributed by atoms with E-state index in [-0.39, 0.29) is 17.2 Å². The van der Waals surface area contributed by atoms with Crippen LogP contribution in [0.4, 0.5) is 0 Å². The number of hydrogen-bond acceptors (Lipinski definition) is 5. The van der Waals surface area contributed by atoms with Crippen LogP contribution in [0.25, 0.3) is 0 Å². The maximum Gasteiger partial charge on any atom is 0.257 e. The van der Waals surface area contributed by atoms with Crippen molar-refractivity contribution in [2.24, 2.45) is 5.41 Å². The Bertz CT molecular complexity index is 920. The highest BCUT2D eigenvalue weighted by Gasteiger charge is 2.45. The smallest absolute Gasteiger partial charge is 0.257 e. The minimum atomic E-state index is -0.0390. The highest BCUT2D eigenvalue weighted by atomic mass is 16.5. The molecule has 0 radical (unpaired) electrons.